The summed E-state index contributed by atoms with van der Waals surface area (Å²) < 4.78 is 16.2. The fourth-order valence-electron chi connectivity index (χ4n) is 2.61. The van der Waals surface area contributed by atoms with Crippen LogP contribution in [-0.4, -0.2) is 48.6 Å². The van der Waals surface area contributed by atoms with Crippen LogP contribution in [0.2, 0.25) is 0 Å². The highest BCUT2D eigenvalue weighted by Crippen LogP contribution is 2.35. The van der Waals surface area contributed by atoms with Gasteiger partial charge in [-0.1, -0.05) is 0 Å². The number of benzene rings is 2. The van der Waals surface area contributed by atoms with Gasteiger partial charge in [-0.3, -0.25) is 5.32 Å². The molecule has 0 atom stereocenters. The first-order valence-electron chi connectivity index (χ1n) is 8.42. The number of amides is 1. The first kappa shape index (κ1) is 19.2. The molecule has 9 heteroatoms. The predicted octanol–water partition coefficient (Wildman–Crippen LogP) is 3.50. The van der Waals surface area contributed by atoms with Crippen molar-refractivity contribution in [3.05, 3.63) is 42.7 Å². The van der Waals surface area contributed by atoms with Crippen LogP contribution < -0.4 is 20.1 Å². The molecule has 0 unspecified atom stereocenters. The molecule has 1 heterocycles. The Bertz CT molecular complexity index is 962. The summed E-state index contributed by atoms with van der Waals surface area (Å²) in [5.74, 6) is 1.75. The summed E-state index contributed by atoms with van der Waals surface area (Å²) in [6, 6.07) is 10.4. The molecule has 0 fully saturated rings. The van der Waals surface area contributed by atoms with Gasteiger partial charge in [-0.2, -0.15) is 0 Å². The summed E-state index contributed by atoms with van der Waals surface area (Å²) in [6.45, 7) is 0.891. The number of hydrogen-bond acceptors (Lipinski definition) is 7. The van der Waals surface area contributed by atoms with Crippen LogP contribution in [0.15, 0.2) is 42.7 Å². The molecular weight excluding hydrogens is 364 g/mol. The van der Waals surface area contributed by atoms with Gasteiger partial charge in [0.15, 0.2) is 0 Å². The number of nitrogens with zero attached hydrogens (tertiary/aromatic N) is 2. The van der Waals surface area contributed by atoms with Crippen molar-refractivity contribution < 1.29 is 24.1 Å². The van der Waals surface area contributed by atoms with E-state index in [4.69, 9.17) is 19.3 Å². The Morgan fingerprint density at radius 3 is 2.50 bits per heavy atom. The van der Waals surface area contributed by atoms with E-state index >= 15 is 0 Å². The van der Waals surface area contributed by atoms with Gasteiger partial charge in [-0.15, -0.1) is 0 Å². The second kappa shape index (κ2) is 8.87. The van der Waals surface area contributed by atoms with Gasteiger partial charge >= 0.3 is 6.09 Å². The number of ether oxygens (including phenoxy) is 3. The number of methoxy groups -OCH3 is 2. The monoisotopic (exact) mass is 384 g/mol. The van der Waals surface area contributed by atoms with Crippen LogP contribution in [0.1, 0.15) is 0 Å². The Morgan fingerprint density at radius 1 is 1.07 bits per heavy atom. The molecule has 0 saturated carbocycles. The predicted molar refractivity (Wildman–Crippen MR) is 105 cm³/mol. The third kappa shape index (κ3) is 4.57. The number of anilines is 3. The van der Waals surface area contributed by atoms with Crippen LogP contribution in [0, 0.1) is 0 Å². The van der Waals surface area contributed by atoms with Crippen LogP contribution in [-0.2, 0) is 4.74 Å². The van der Waals surface area contributed by atoms with E-state index in [2.05, 4.69) is 20.6 Å². The molecule has 3 rings (SSSR count). The third-order valence-electron chi connectivity index (χ3n) is 3.85. The number of hydrogen-bond donors (Lipinski definition) is 3. The minimum Gasteiger partial charge on any atom is -0.496 e. The fourth-order valence-corrected chi connectivity index (χ4v) is 2.61. The van der Waals surface area contributed by atoms with Gasteiger partial charge in [-0.05, 0) is 24.3 Å². The van der Waals surface area contributed by atoms with Gasteiger partial charge in [0, 0.05) is 30.6 Å². The van der Waals surface area contributed by atoms with Crippen molar-refractivity contribution in [3.8, 4) is 11.5 Å². The van der Waals surface area contributed by atoms with E-state index in [0.717, 1.165) is 5.69 Å². The second-order valence-electron chi connectivity index (χ2n) is 5.72. The van der Waals surface area contributed by atoms with Gasteiger partial charge < -0.3 is 24.6 Å². The van der Waals surface area contributed by atoms with Crippen molar-refractivity contribution in [1.29, 1.82) is 0 Å². The largest absolute Gasteiger partial charge is 0.496 e. The average molecular weight is 384 g/mol. The highest BCUT2D eigenvalue weighted by atomic mass is 16.5. The number of carboxylic acid groups (broad SMARTS) is 1. The molecule has 0 aliphatic rings. The summed E-state index contributed by atoms with van der Waals surface area (Å²) in [6.07, 6.45) is 0.333. The van der Waals surface area contributed by atoms with Gasteiger partial charge in [0.05, 0.1) is 24.6 Å². The molecule has 0 saturated heterocycles. The normalized spacial score (nSPS) is 10.5. The number of fused-ring (bicyclic) bond motifs is 1. The minimum atomic E-state index is -1.12. The smallest absolute Gasteiger partial charge is 0.409 e. The third-order valence-corrected chi connectivity index (χ3v) is 3.85. The zero-order valence-electron chi connectivity index (χ0n) is 15.4. The van der Waals surface area contributed by atoms with Crippen molar-refractivity contribution in [2.75, 3.05) is 38.1 Å². The Labute approximate surface area is 161 Å². The first-order valence-corrected chi connectivity index (χ1v) is 8.42. The first-order chi connectivity index (χ1) is 13.6. The number of aromatic nitrogens is 2. The van der Waals surface area contributed by atoms with Gasteiger partial charge in [0.25, 0.3) is 0 Å². The minimum absolute atomic E-state index is 0.415. The lowest BCUT2D eigenvalue weighted by Crippen LogP contribution is -2.07. The van der Waals surface area contributed by atoms with E-state index in [1.807, 2.05) is 0 Å². The Morgan fingerprint density at radius 2 is 1.82 bits per heavy atom. The molecule has 28 heavy (non-hydrogen) atoms. The van der Waals surface area contributed by atoms with Crippen LogP contribution >= 0.6 is 0 Å². The Kier molecular flexibility index (Phi) is 6.07. The van der Waals surface area contributed by atoms with Crippen molar-refractivity contribution in [2.24, 2.45) is 0 Å². The molecule has 0 aliphatic heterocycles. The van der Waals surface area contributed by atoms with Crippen LogP contribution in [0.4, 0.5) is 22.0 Å². The maximum atomic E-state index is 10.7. The molecule has 9 nitrogen and oxygen atoms in total. The molecular formula is C19H20N4O5. The van der Waals surface area contributed by atoms with Crippen LogP contribution in [0.3, 0.4) is 0 Å². The van der Waals surface area contributed by atoms with Gasteiger partial charge in [0.2, 0.25) is 0 Å². The lowest BCUT2D eigenvalue weighted by molar-refractivity contribution is 0.146. The summed E-state index contributed by atoms with van der Waals surface area (Å²) in [7, 11) is 3.18. The topological polar surface area (TPSA) is 115 Å². The SMILES string of the molecule is COCCOc1cc(OC)c2c(Nc3ccc(NC(=O)O)cc3)ncnc2c1. The summed E-state index contributed by atoms with van der Waals surface area (Å²) in [5, 5.41) is 15.0. The standard InChI is InChI=1S/C19H20N4O5/c1-26-7-8-28-14-9-15-17(16(10-14)27-2)18(21-11-20-15)22-12-3-5-13(6-4-12)23-19(24)25/h3-6,9-11,23H,7-8H2,1-2H3,(H,24,25)(H,20,21,22). The number of nitrogens with one attached hydrogen (secondary N) is 2. The average Bonchev–Trinajstić information content (AvgIpc) is 2.69. The zero-order chi connectivity index (χ0) is 19.9. The lowest BCUT2D eigenvalue weighted by Gasteiger charge is -2.14. The Balaban J connectivity index is 1.89. The molecule has 0 spiro atoms. The number of carbonyl (C=O) groups is 1. The van der Waals surface area contributed by atoms with Crippen molar-refractivity contribution in [3.63, 3.8) is 0 Å². The molecule has 0 aliphatic carbocycles. The molecule has 3 N–H and O–H groups in total. The molecule has 0 bridgehead atoms. The molecule has 1 aromatic heterocycles. The summed E-state index contributed by atoms with van der Waals surface area (Å²) in [5.41, 5.74) is 1.87. The Hall–Kier alpha value is -3.59. The fraction of sp³-hybridized carbons (Fsp3) is 0.211. The van der Waals surface area contributed by atoms with Crippen LogP contribution in [0.25, 0.3) is 10.9 Å². The highest BCUT2D eigenvalue weighted by Gasteiger charge is 2.13. The van der Waals surface area contributed by atoms with Gasteiger partial charge in [0.1, 0.15) is 30.3 Å². The maximum absolute atomic E-state index is 10.7. The summed E-state index contributed by atoms with van der Waals surface area (Å²) in [4.78, 5) is 19.3. The molecule has 3 aromatic rings. The number of rotatable bonds is 8. The van der Waals surface area contributed by atoms with Crippen molar-refractivity contribution in [2.45, 2.75) is 0 Å². The van der Waals surface area contributed by atoms with E-state index < -0.39 is 6.09 Å². The maximum Gasteiger partial charge on any atom is 0.409 e. The van der Waals surface area contributed by atoms with Gasteiger partial charge in [-0.25, -0.2) is 14.8 Å². The van der Waals surface area contributed by atoms with Crippen molar-refractivity contribution >= 4 is 34.2 Å². The summed E-state index contributed by atoms with van der Waals surface area (Å²) >= 11 is 0. The van der Waals surface area contributed by atoms with E-state index in [0.29, 0.717) is 47.1 Å². The zero-order valence-corrected chi connectivity index (χ0v) is 15.4. The van der Waals surface area contributed by atoms with E-state index in [1.165, 1.54) is 6.33 Å². The quantitative estimate of drug-likeness (QED) is 0.506. The van der Waals surface area contributed by atoms with E-state index in [-0.39, 0.29) is 0 Å². The van der Waals surface area contributed by atoms with E-state index in [1.54, 1.807) is 50.6 Å². The molecule has 1 amide bonds. The van der Waals surface area contributed by atoms with E-state index in [9.17, 15) is 4.79 Å². The second-order valence-corrected chi connectivity index (χ2v) is 5.72. The molecule has 0 radical (unpaired) electrons. The molecule has 2 aromatic carbocycles. The lowest BCUT2D eigenvalue weighted by atomic mass is 10.2. The van der Waals surface area contributed by atoms with Crippen molar-refractivity contribution in [1.82, 2.24) is 9.97 Å². The van der Waals surface area contributed by atoms with Crippen LogP contribution in [0.5, 0.6) is 11.5 Å². The molecule has 146 valence electrons. The highest BCUT2D eigenvalue weighted by molar-refractivity contribution is 5.96.